The third-order valence-corrected chi connectivity index (χ3v) is 5.68. The molecular formula is C19H23N5O3S. The Labute approximate surface area is 167 Å². The van der Waals surface area contributed by atoms with Gasteiger partial charge in [-0.2, -0.15) is 0 Å². The molecule has 0 bridgehead atoms. The molecule has 0 atom stereocenters. The molecule has 1 aliphatic carbocycles. The van der Waals surface area contributed by atoms with Crippen LogP contribution in [0.15, 0.2) is 29.4 Å². The van der Waals surface area contributed by atoms with Gasteiger partial charge in [0.2, 0.25) is 11.9 Å². The zero-order chi connectivity index (χ0) is 19.5. The van der Waals surface area contributed by atoms with Crippen molar-refractivity contribution in [3.63, 3.8) is 0 Å². The van der Waals surface area contributed by atoms with Crippen molar-refractivity contribution >= 4 is 35.1 Å². The number of rotatable bonds is 7. The number of aromatic nitrogens is 3. The largest absolute Gasteiger partial charge is 0.378 e. The minimum absolute atomic E-state index is 0.0290. The first-order chi connectivity index (χ1) is 13.6. The van der Waals surface area contributed by atoms with Gasteiger partial charge in [-0.25, -0.2) is 0 Å². The molecule has 0 radical (unpaired) electrons. The minimum atomic E-state index is -0.135. The van der Waals surface area contributed by atoms with E-state index in [9.17, 15) is 9.59 Å². The maximum atomic E-state index is 12.4. The number of nitrogens with one attached hydrogen (secondary N) is 1. The van der Waals surface area contributed by atoms with Crippen LogP contribution in [0, 0.1) is 0 Å². The number of amides is 1. The first kappa shape index (κ1) is 18.9. The number of Topliss-reactive ketones (excluding diaryl/α,β-unsaturated/α-hetero) is 1. The maximum Gasteiger partial charge on any atom is 0.234 e. The molecule has 1 aromatic heterocycles. The summed E-state index contributed by atoms with van der Waals surface area (Å²) >= 11 is 1.39. The Morgan fingerprint density at radius 1 is 1.25 bits per heavy atom. The van der Waals surface area contributed by atoms with Gasteiger partial charge in [0.15, 0.2) is 10.9 Å². The molecule has 8 nitrogen and oxygen atoms in total. The molecular weight excluding hydrogens is 378 g/mol. The predicted octanol–water partition coefficient (Wildman–Crippen LogP) is 2.38. The van der Waals surface area contributed by atoms with Gasteiger partial charge in [0, 0.05) is 30.4 Å². The van der Waals surface area contributed by atoms with E-state index >= 15 is 0 Å². The van der Waals surface area contributed by atoms with Crippen molar-refractivity contribution in [3.8, 4) is 0 Å². The van der Waals surface area contributed by atoms with Gasteiger partial charge in [0.25, 0.3) is 0 Å². The summed E-state index contributed by atoms with van der Waals surface area (Å²) in [7, 11) is 0. The number of hydrogen-bond donors (Lipinski definition) is 1. The Morgan fingerprint density at radius 2 is 2.04 bits per heavy atom. The first-order valence-corrected chi connectivity index (χ1v) is 10.4. The second-order valence-corrected chi connectivity index (χ2v) is 7.90. The summed E-state index contributed by atoms with van der Waals surface area (Å²) in [5.41, 5.74) is 1.20. The SMILES string of the molecule is CC(=O)c1cccc(NC(=O)CSc2nnc(N3CCOCC3)n2C2CC2)c1. The topological polar surface area (TPSA) is 89.3 Å². The van der Waals surface area contributed by atoms with E-state index in [0.29, 0.717) is 30.5 Å². The highest BCUT2D eigenvalue weighted by atomic mass is 32.2. The molecule has 9 heteroatoms. The number of hydrogen-bond acceptors (Lipinski definition) is 7. The van der Waals surface area contributed by atoms with Gasteiger partial charge < -0.3 is 15.0 Å². The molecule has 2 fully saturated rings. The van der Waals surface area contributed by atoms with E-state index in [1.165, 1.54) is 18.7 Å². The number of carbonyl (C=O) groups excluding carboxylic acids is 2. The standard InChI is InChI=1S/C19H23N5O3S/c1-13(25)14-3-2-4-15(11-14)20-17(26)12-28-19-22-21-18(24(19)16-5-6-16)23-7-9-27-10-8-23/h2-4,11,16H,5-10,12H2,1H3,(H,20,26). The molecule has 4 rings (SSSR count). The number of carbonyl (C=O) groups is 2. The fourth-order valence-corrected chi connectivity index (χ4v) is 3.94. The molecule has 1 aromatic carbocycles. The summed E-state index contributed by atoms with van der Waals surface area (Å²) in [4.78, 5) is 26.1. The van der Waals surface area contributed by atoms with Gasteiger partial charge in [-0.1, -0.05) is 23.9 Å². The number of thioether (sulfide) groups is 1. The fourth-order valence-electron chi connectivity index (χ4n) is 3.14. The zero-order valence-corrected chi connectivity index (χ0v) is 16.6. The van der Waals surface area contributed by atoms with Gasteiger partial charge >= 0.3 is 0 Å². The summed E-state index contributed by atoms with van der Waals surface area (Å²) in [5.74, 6) is 0.948. The predicted molar refractivity (Wildman–Crippen MR) is 107 cm³/mol. The normalized spacial score (nSPS) is 16.8. The molecule has 148 valence electrons. The van der Waals surface area contributed by atoms with Crippen molar-refractivity contribution in [1.82, 2.24) is 14.8 Å². The van der Waals surface area contributed by atoms with Gasteiger partial charge in [-0.15, -0.1) is 10.2 Å². The molecule has 1 N–H and O–H groups in total. The van der Waals surface area contributed by atoms with Crippen molar-refractivity contribution < 1.29 is 14.3 Å². The third-order valence-electron chi connectivity index (χ3n) is 4.74. The molecule has 2 heterocycles. The van der Waals surface area contributed by atoms with Crippen LogP contribution in [0.4, 0.5) is 11.6 Å². The highest BCUT2D eigenvalue weighted by molar-refractivity contribution is 7.99. The fraction of sp³-hybridized carbons (Fsp3) is 0.474. The number of ether oxygens (including phenoxy) is 1. The smallest absolute Gasteiger partial charge is 0.234 e. The van der Waals surface area contributed by atoms with Crippen molar-refractivity contribution in [3.05, 3.63) is 29.8 Å². The van der Waals surface area contributed by atoms with Crippen LogP contribution in [-0.4, -0.2) is 58.5 Å². The Hall–Kier alpha value is -2.39. The van der Waals surface area contributed by atoms with Gasteiger partial charge in [-0.05, 0) is 31.9 Å². The van der Waals surface area contributed by atoms with Crippen LogP contribution in [0.5, 0.6) is 0 Å². The highest BCUT2D eigenvalue weighted by Gasteiger charge is 2.32. The first-order valence-electron chi connectivity index (χ1n) is 9.43. The molecule has 0 spiro atoms. The monoisotopic (exact) mass is 401 g/mol. The Morgan fingerprint density at radius 3 is 2.75 bits per heavy atom. The molecule has 1 saturated carbocycles. The molecule has 0 unspecified atom stereocenters. The van der Waals surface area contributed by atoms with Gasteiger partial charge in [0.1, 0.15) is 0 Å². The number of nitrogens with zero attached hydrogens (tertiary/aromatic N) is 4. The van der Waals surface area contributed by atoms with E-state index in [1.54, 1.807) is 24.3 Å². The molecule has 2 aromatic rings. The van der Waals surface area contributed by atoms with E-state index in [4.69, 9.17) is 4.74 Å². The minimum Gasteiger partial charge on any atom is -0.378 e. The summed E-state index contributed by atoms with van der Waals surface area (Å²) in [6.45, 7) is 4.52. The van der Waals surface area contributed by atoms with Crippen molar-refractivity contribution in [2.45, 2.75) is 31.0 Å². The van der Waals surface area contributed by atoms with E-state index in [2.05, 4.69) is 25.0 Å². The van der Waals surface area contributed by atoms with E-state index in [-0.39, 0.29) is 17.4 Å². The van der Waals surface area contributed by atoms with Crippen LogP contribution in [0.1, 0.15) is 36.2 Å². The Bertz CT molecular complexity index is 874. The lowest BCUT2D eigenvalue weighted by Crippen LogP contribution is -2.38. The van der Waals surface area contributed by atoms with E-state index in [1.807, 2.05) is 0 Å². The number of morpholine rings is 1. The molecule has 1 amide bonds. The summed E-state index contributed by atoms with van der Waals surface area (Å²) in [6.07, 6.45) is 2.24. The molecule has 2 aliphatic rings. The van der Waals surface area contributed by atoms with Gasteiger partial charge in [-0.3, -0.25) is 14.2 Å². The maximum absolute atomic E-state index is 12.4. The average Bonchev–Trinajstić information content (AvgIpc) is 3.46. The Kier molecular flexibility index (Phi) is 5.63. The Balaban J connectivity index is 1.40. The average molecular weight is 401 g/mol. The van der Waals surface area contributed by atoms with Crippen molar-refractivity contribution in [2.75, 3.05) is 42.3 Å². The lowest BCUT2D eigenvalue weighted by atomic mass is 10.1. The highest BCUT2D eigenvalue weighted by Crippen LogP contribution is 2.41. The molecule has 1 saturated heterocycles. The number of ketones is 1. The number of benzene rings is 1. The van der Waals surface area contributed by atoms with Gasteiger partial charge in [0.05, 0.1) is 19.0 Å². The summed E-state index contributed by atoms with van der Waals surface area (Å²) in [6, 6.07) is 7.38. The summed E-state index contributed by atoms with van der Waals surface area (Å²) < 4.78 is 7.59. The van der Waals surface area contributed by atoms with E-state index in [0.717, 1.165) is 37.0 Å². The lowest BCUT2D eigenvalue weighted by Gasteiger charge is -2.27. The van der Waals surface area contributed by atoms with E-state index < -0.39 is 0 Å². The summed E-state index contributed by atoms with van der Waals surface area (Å²) in [5, 5.41) is 12.3. The lowest BCUT2D eigenvalue weighted by molar-refractivity contribution is -0.113. The van der Waals surface area contributed by atoms with Crippen LogP contribution >= 0.6 is 11.8 Å². The quantitative estimate of drug-likeness (QED) is 0.563. The van der Waals surface area contributed by atoms with Crippen molar-refractivity contribution in [1.29, 1.82) is 0 Å². The van der Waals surface area contributed by atoms with Crippen LogP contribution in [0.2, 0.25) is 0 Å². The second kappa shape index (κ2) is 8.32. The number of anilines is 2. The zero-order valence-electron chi connectivity index (χ0n) is 15.8. The van der Waals surface area contributed by atoms with Crippen LogP contribution in [-0.2, 0) is 9.53 Å². The molecule has 1 aliphatic heterocycles. The van der Waals surface area contributed by atoms with Crippen LogP contribution < -0.4 is 10.2 Å². The third kappa shape index (κ3) is 4.36. The van der Waals surface area contributed by atoms with Crippen LogP contribution in [0.3, 0.4) is 0 Å². The van der Waals surface area contributed by atoms with Crippen LogP contribution in [0.25, 0.3) is 0 Å². The van der Waals surface area contributed by atoms with Crippen molar-refractivity contribution in [2.24, 2.45) is 0 Å². The molecule has 28 heavy (non-hydrogen) atoms. The second-order valence-electron chi connectivity index (χ2n) is 6.96.